The van der Waals surface area contributed by atoms with E-state index in [0.29, 0.717) is 0 Å². The monoisotopic (exact) mass is 338 g/mol. The van der Waals surface area contributed by atoms with Crippen LogP contribution in [0.1, 0.15) is 51.1 Å². The van der Waals surface area contributed by atoms with Crippen molar-refractivity contribution in [3.05, 3.63) is 35.4 Å². The normalized spacial score (nSPS) is 24.0. The molecule has 0 bridgehead atoms. The summed E-state index contributed by atoms with van der Waals surface area (Å²) < 4.78 is 33.6. The molecule has 134 valence electrons. The first-order valence-corrected chi connectivity index (χ1v) is 9.07. The van der Waals surface area contributed by atoms with Crippen molar-refractivity contribution in [1.29, 1.82) is 0 Å². The fraction of sp³-hybridized carbons (Fsp3) is 0.684. The second-order valence-electron chi connectivity index (χ2n) is 7.16. The van der Waals surface area contributed by atoms with E-state index in [-0.39, 0.29) is 23.2 Å². The van der Waals surface area contributed by atoms with Crippen LogP contribution in [0, 0.1) is 11.6 Å². The van der Waals surface area contributed by atoms with Gasteiger partial charge in [-0.3, -0.25) is 4.90 Å². The Hall–Kier alpha value is -1.04. The number of hydrogen-bond donors (Lipinski definition) is 1. The lowest BCUT2D eigenvalue weighted by Crippen LogP contribution is -2.61. The molecule has 0 amide bonds. The van der Waals surface area contributed by atoms with Crippen molar-refractivity contribution in [2.75, 3.05) is 26.3 Å². The number of hydrogen-bond acceptors (Lipinski definition) is 3. The van der Waals surface area contributed by atoms with Crippen LogP contribution in [0.15, 0.2) is 18.2 Å². The Kier molecular flexibility index (Phi) is 5.52. The summed E-state index contributed by atoms with van der Waals surface area (Å²) in [5.41, 5.74) is 0.208. The van der Waals surface area contributed by atoms with Crippen LogP contribution in [-0.2, 0) is 4.74 Å². The van der Waals surface area contributed by atoms with Crippen molar-refractivity contribution in [3.8, 4) is 0 Å². The largest absolute Gasteiger partial charge is 0.379 e. The average molecular weight is 338 g/mol. The number of halogens is 2. The molecule has 1 aromatic rings. The number of ether oxygens (including phenoxy) is 1. The van der Waals surface area contributed by atoms with Crippen molar-refractivity contribution < 1.29 is 13.5 Å². The summed E-state index contributed by atoms with van der Waals surface area (Å²) in [5, 5.41) is 3.50. The highest BCUT2D eigenvalue weighted by Gasteiger charge is 2.44. The molecule has 1 aliphatic carbocycles. The van der Waals surface area contributed by atoms with Gasteiger partial charge in [-0.05, 0) is 38.8 Å². The maximum absolute atomic E-state index is 14.1. The summed E-state index contributed by atoms with van der Waals surface area (Å²) >= 11 is 0. The van der Waals surface area contributed by atoms with E-state index < -0.39 is 11.6 Å². The fourth-order valence-electron chi connectivity index (χ4n) is 4.56. The molecule has 2 fully saturated rings. The maximum Gasteiger partial charge on any atom is 0.130 e. The summed E-state index contributed by atoms with van der Waals surface area (Å²) in [6.07, 6.45) is 4.69. The molecule has 2 unspecified atom stereocenters. The number of nitrogens with one attached hydrogen (secondary N) is 1. The van der Waals surface area contributed by atoms with Gasteiger partial charge in [0.2, 0.25) is 0 Å². The molecule has 2 atom stereocenters. The first-order valence-electron chi connectivity index (χ1n) is 9.07. The predicted molar refractivity (Wildman–Crippen MR) is 91.0 cm³/mol. The Morgan fingerprint density at radius 1 is 1.08 bits per heavy atom. The SMILES string of the molecule is CC(NC(C)C1(N2CCOCC2)CCCC1)c1c(F)cccc1F. The zero-order valence-electron chi connectivity index (χ0n) is 14.7. The van der Waals surface area contributed by atoms with Crippen LogP contribution in [-0.4, -0.2) is 42.8 Å². The van der Waals surface area contributed by atoms with Gasteiger partial charge in [-0.1, -0.05) is 18.9 Å². The van der Waals surface area contributed by atoms with Crippen LogP contribution in [0.3, 0.4) is 0 Å². The zero-order valence-corrected chi connectivity index (χ0v) is 14.7. The number of nitrogens with zero attached hydrogens (tertiary/aromatic N) is 1. The molecule has 3 nitrogen and oxygen atoms in total. The van der Waals surface area contributed by atoms with Gasteiger partial charge in [-0.25, -0.2) is 8.78 Å². The molecule has 1 aromatic carbocycles. The van der Waals surface area contributed by atoms with E-state index in [1.807, 2.05) is 6.92 Å². The van der Waals surface area contributed by atoms with Crippen LogP contribution in [0.2, 0.25) is 0 Å². The first-order chi connectivity index (χ1) is 11.5. The third-order valence-corrected chi connectivity index (χ3v) is 5.85. The smallest absolute Gasteiger partial charge is 0.130 e. The second kappa shape index (κ2) is 7.46. The van der Waals surface area contributed by atoms with Gasteiger partial charge < -0.3 is 10.1 Å². The minimum absolute atomic E-state index is 0.0692. The Balaban J connectivity index is 1.77. The van der Waals surface area contributed by atoms with Crippen LogP contribution in [0.25, 0.3) is 0 Å². The first kappa shape index (κ1) is 17.8. The molecular weight excluding hydrogens is 310 g/mol. The molecular formula is C19H28F2N2O. The van der Waals surface area contributed by atoms with E-state index in [2.05, 4.69) is 17.1 Å². The third-order valence-electron chi connectivity index (χ3n) is 5.85. The summed E-state index contributed by atoms with van der Waals surface area (Å²) in [6, 6.07) is 3.87. The van der Waals surface area contributed by atoms with Crippen molar-refractivity contribution in [2.45, 2.75) is 57.2 Å². The summed E-state index contributed by atoms with van der Waals surface area (Å²) in [5.74, 6) is -0.955. The summed E-state index contributed by atoms with van der Waals surface area (Å²) in [4.78, 5) is 2.53. The molecule has 0 spiro atoms. The molecule has 24 heavy (non-hydrogen) atoms. The highest BCUT2D eigenvalue weighted by molar-refractivity contribution is 5.23. The predicted octanol–water partition coefficient (Wildman–Crippen LogP) is 3.65. The van der Waals surface area contributed by atoms with Crippen LogP contribution >= 0.6 is 0 Å². The van der Waals surface area contributed by atoms with Gasteiger partial charge in [0.15, 0.2) is 0 Å². The minimum Gasteiger partial charge on any atom is -0.379 e. The molecule has 3 rings (SSSR count). The van der Waals surface area contributed by atoms with Crippen molar-refractivity contribution in [2.24, 2.45) is 0 Å². The van der Waals surface area contributed by atoms with Crippen LogP contribution in [0.4, 0.5) is 8.78 Å². The van der Waals surface area contributed by atoms with E-state index in [9.17, 15) is 8.78 Å². The average Bonchev–Trinajstić information content (AvgIpc) is 3.06. The quantitative estimate of drug-likeness (QED) is 0.887. The highest BCUT2D eigenvalue weighted by Crippen LogP contribution is 2.39. The second-order valence-corrected chi connectivity index (χ2v) is 7.16. The van der Waals surface area contributed by atoms with Gasteiger partial charge in [0.05, 0.1) is 13.2 Å². The summed E-state index contributed by atoms with van der Waals surface area (Å²) in [6.45, 7) is 7.43. The highest BCUT2D eigenvalue weighted by atomic mass is 19.1. The number of rotatable bonds is 5. The molecule has 1 saturated carbocycles. The van der Waals surface area contributed by atoms with Crippen LogP contribution < -0.4 is 5.32 Å². The molecule has 1 saturated heterocycles. The van der Waals surface area contributed by atoms with Crippen molar-refractivity contribution >= 4 is 0 Å². The van der Waals surface area contributed by atoms with Gasteiger partial charge in [-0.2, -0.15) is 0 Å². The Morgan fingerprint density at radius 3 is 2.25 bits per heavy atom. The molecule has 0 aromatic heterocycles. The number of morpholine rings is 1. The van der Waals surface area contributed by atoms with Gasteiger partial charge in [0, 0.05) is 36.3 Å². The number of benzene rings is 1. The van der Waals surface area contributed by atoms with E-state index in [4.69, 9.17) is 4.74 Å². The van der Waals surface area contributed by atoms with Gasteiger partial charge in [0.25, 0.3) is 0 Å². The molecule has 5 heteroatoms. The lowest BCUT2D eigenvalue weighted by Gasteiger charge is -2.48. The standard InChI is InChI=1S/C19H28F2N2O/c1-14(18-16(20)6-5-7-17(18)21)22-15(2)19(8-3-4-9-19)23-10-12-24-13-11-23/h5-7,14-15,22H,3-4,8-13H2,1-2H3. The molecule has 1 heterocycles. The van der Waals surface area contributed by atoms with Gasteiger partial charge in [0.1, 0.15) is 11.6 Å². The van der Waals surface area contributed by atoms with Gasteiger partial charge in [-0.15, -0.1) is 0 Å². The van der Waals surface area contributed by atoms with E-state index in [0.717, 1.165) is 39.1 Å². The van der Waals surface area contributed by atoms with Crippen molar-refractivity contribution in [1.82, 2.24) is 10.2 Å². The Morgan fingerprint density at radius 2 is 1.67 bits per heavy atom. The third kappa shape index (κ3) is 3.35. The Bertz CT molecular complexity index is 534. The fourth-order valence-corrected chi connectivity index (χ4v) is 4.56. The van der Waals surface area contributed by atoms with Crippen LogP contribution in [0.5, 0.6) is 0 Å². The molecule has 1 N–H and O–H groups in total. The lowest BCUT2D eigenvalue weighted by atomic mass is 9.85. The topological polar surface area (TPSA) is 24.5 Å². The summed E-state index contributed by atoms with van der Waals surface area (Å²) in [7, 11) is 0. The van der Waals surface area contributed by atoms with E-state index in [1.165, 1.54) is 31.0 Å². The minimum atomic E-state index is -0.478. The molecule has 2 aliphatic rings. The van der Waals surface area contributed by atoms with Gasteiger partial charge >= 0.3 is 0 Å². The zero-order chi connectivity index (χ0) is 17.2. The molecule has 0 radical (unpaired) electrons. The Labute approximate surface area is 143 Å². The van der Waals surface area contributed by atoms with E-state index in [1.54, 1.807) is 0 Å². The van der Waals surface area contributed by atoms with E-state index >= 15 is 0 Å². The lowest BCUT2D eigenvalue weighted by molar-refractivity contribution is -0.0345. The van der Waals surface area contributed by atoms with Crippen molar-refractivity contribution in [3.63, 3.8) is 0 Å². The maximum atomic E-state index is 14.1. The molecule has 1 aliphatic heterocycles.